The quantitative estimate of drug-likeness (QED) is 0.207. The number of morpholine rings is 1. The van der Waals surface area contributed by atoms with Gasteiger partial charge in [-0.3, -0.25) is 0 Å². The highest BCUT2D eigenvalue weighted by Crippen LogP contribution is 2.48. The lowest BCUT2D eigenvalue weighted by molar-refractivity contribution is -0.138. The van der Waals surface area contributed by atoms with Crippen LogP contribution >= 0.6 is 0 Å². The van der Waals surface area contributed by atoms with E-state index in [1.165, 1.54) is 30.7 Å². The van der Waals surface area contributed by atoms with Gasteiger partial charge in [-0.05, 0) is 61.9 Å². The van der Waals surface area contributed by atoms with E-state index in [1.54, 1.807) is 47.4 Å². The van der Waals surface area contributed by atoms with Crippen molar-refractivity contribution < 1.29 is 27.0 Å². The molecule has 2 fully saturated rings. The fraction of sp³-hybridized carbons (Fsp3) is 0.333. The van der Waals surface area contributed by atoms with Crippen LogP contribution in [0.25, 0.3) is 23.2 Å². The van der Waals surface area contributed by atoms with E-state index in [2.05, 4.69) is 32.0 Å². The summed E-state index contributed by atoms with van der Waals surface area (Å²) in [4.78, 5) is 12.3. The third-order valence-corrected chi connectivity index (χ3v) is 8.24. The Morgan fingerprint density at radius 1 is 1.00 bits per heavy atom. The van der Waals surface area contributed by atoms with Crippen molar-refractivity contribution in [2.45, 2.75) is 31.5 Å². The Morgan fingerprint density at radius 2 is 1.80 bits per heavy atom. The van der Waals surface area contributed by atoms with Crippen molar-refractivity contribution in [2.75, 3.05) is 44.2 Å². The molecule has 12 heteroatoms. The van der Waals surface area contributed by atoms with Crippen LogP contribution in [0.4, 0.5) is 23.2 Å². The van der Waals surface area contributed by atoms with Crippen LogP contribution in [-0.4, -0.2) is 70.0 Å². The smallest absolute Gasteiger partial charge is 0.422 e. The molecule has 0 bridgehead atoms. The number of alkyl halides is 3. The fourth-order valence-electron chi connectivity index (χ4n) is 5.91. The molecule has 1 spiro atoms. The highest BCUT2D eigenvalue weighted by molar-refractivity contribution is 5.83. The molecule has 0 radical (unpaired) electrons. The average Bonchev–Trinajstić information content (AvgIpc) is 3.06. The lowest BCUT2D eigenvalue weighted by Crippen LogP contribution is -2.57. The zero-order chi connectivity index (χ0) is 31.4. The lowest BCUT2D eigenvalue weighted by Gasteiger charge is -2.48. The van der Waals surface area contributed by atoms with Crippen LogP contribution in [0.1, 0.15) is 36.7 Å². The number of nitrogens with zero attached hydrogens (tertiary/aromatic N) is 6. The number of benzene rings is 2. The Kier molecular flexibility index (Phi) is 8.77. The number of para-hydroxylation sites is 1. The van der Waals surface area contributed by atoms with E-state index in [0.717, 1.165) is 25.7 Å². The van der Waals surface area contributed by atoms with E-state index in [-0.39, 0.29) is 48.3 Å². The monoisotopic (exact) mass is 620 g/mol. The zero-order valence-electron chi connectivity index (χ0n) is 24.7. The number of hydrogen-bond donors (Lipinski definition) is 0. The lowest BCUT2D eigenvalue weighted by atomic mass is 9.88. The number of aromatic nitrogens is 4. The summed E-state index contributed by atoms with van der Waals surface area (Å²) < 4.78 is 73.2. The van der Waals surface area contributed by atoms with Crippen LogP contribution in [0.2, 0.25) is 0 Å². The van der Waals surface area contributed by atoms with E-state index >= 15 is 17.6 Å². The summed E-state index contributed by atoms with van der Waals surface area (Å²) in [5.41, 5.74) is -0.734. The van der Waals surface area contributed by atoms with Gasteiger partial charge >= 0.3 is 6.18 Å². The van der Waals surface area contributed by atoms with Gasteiger partial charge in [-0.25, -0.2) is 14.4 Å². The molecule has 2 aromatic carbocycles. The van der Waals surface area contributed by atoms with E-state index in [1.807, 2.05) is 0 Å². The Bertz CT molecular complexity index is 1640. The molecule has 2 aliphatic heterocycles. The second kappa shape index (κ2) is 12.9. The Balaban J connectivity index is 1.45. The van der Waals surface area contributed by atoms with Gasteiger partial charge in [-0.15, -0.1) is 0 Å². The zero-order valence-corrected chi connectivity index (χ0v) is 24.7. The second-order valence-corrected chi connectivity index (χ2v) is 11.1. The van der Waals surface area contributed by atoms with Crippen LogP contribution < -0.4 is 9.64 Å². The van der Waals surface area contributed by atoms with Gasteiger partial charge in [0.25, 0.3) is 0 Å². The number of ether oxygens (including phenoxy) is 2. The minimum atomic E-state index is -4.82. The third-order valence-electron chi connectivity index (χ3n) is 8.24. The van der Waals surface area contributed by atoms with Crippen molar-refractivity contribution in [3.05, 3.63) is 90.1 Å². The van der Waals surface area contributed by atoms with Gasteiger partial charge in [0.2, 0.25) is 0 Å². The van der Waals surface area contributed by atoms with Gasteiger partial charge in [0.15, 0.2) is 11.7 Å². The molecule has 4 aromatic rings. The normalized spacial score (nSPS) is 17.4. The van der Waals surface area contributed by atoms with Gasteiger partial charge in [-0.1, -0.05) is 25.1 Å². The van der Waals surface area contributed by atoms with Crippen molar-refractivity contribution >= 4 is 17.6 Å². The summed E-state index contributed by atoms with van der Waals surface area (Å²) in [7, 11) is 0. The predicted octanol–water partition coefficient (Wildman–Crippen LogP) is 6.90. The maximum atomic E-state index is 15.9. The first-order valence-corrected chi connectivity index (χ1v) is 14.8. The van der Waals surface area contributed by atoms with E-state index < -0.39 is 23.2 Å². The van der Waals surface area contributed by atoms with Crippen LogP contribution in [0.15, 0.2) is 73.2 Å². The van der Waals surface area contributed by atoms with Gasteiger partial charge in [0.1, 0.15) is 17.1 Å². The summed E-state index contributed by atoms with van der Waals surface area (Å²) in [5, 5.41) is 7.57. The summed E-state index contributed by atoms with van der Waals surface area (Å²) in [6, 6.07) is 14.2. The van der Waals surface area contributed by atoms with Crippen LogP contribution in [0, 0.1) is 0 Å². The number of likely N-dealkylation sites (tertiary alicyclic amines) is 1. The van der Waals surface area contributed by atoms with Crippen molar-refractivity contribution in [1.29, 1.82) is 0 Å². The molecule has 234 valence electrons. The third kappa shape index (κ3) is 6.81. The molecule has 2 saturated heterocycles. The molecule has 4 heterocycles. The molecule has 0 saturated carbocycles. The van der Waals surface area contributed by atoms with Gasteiger partial charge in [-0.2, -0.15) is 23.4 Å². The van der Waals surface area contributed by atoms with Crippen molar-refractivity contribution in [3.8, 4) is 22.8 Å². The largest absolute Gasteiger partial charge is 0.457 e. The first-order valence-electron chi connectivity index (χ1n) is 14.8. The molecular weight excluding hydrogens is 588 g/mol. The first kappa shape index (κ1) is 30.6. The van der Waals surface area contributed by atoms with Crippen LogP contribution in [-0.2, 0) is 10.9 Å². The molecule has 0 unspecified atom stereocenters. The van der Waals surface area contributed by atoms with Gasteiger partial charge < -0.3 is 19.3 Å². The molecule has 0 aliphatic carbocycles. The number of anilines is 1. The van der Waals surface area contributed by atoms with E-state index in [0.29, 0.717) is 24.1 Å². The van der Waals surface area contributed by atoms with Crippen molar-refractivity contribution in [3.63, 3.8) is 0 Å². The minimum absolute atomic E-state index is 0.0304. The maximum absolute atomic E-state index is 15.9. The van der Waals surface area contributed by atoms with E-state index in [9.17, 15) is 0 Å². The predicted molar refractivity (Wildman–Crippen MR) is 162 cm³/mol. The van der Waals surface area contributed by atoms with Gasteiger partial charge in [0, 0.05) is 43.5 Å². The highest BCUT2D eigenvalue weighted by atomic mass is 19.4. The summed E-state index contributed by atoms with van der Waals surface area (Å²) in [6.45, 7) is 5.22. The number of piperidine rings is 1. The molecule has 0 N–H and O–H groups in total. The molecule has 6 rings (SSSR count). The molecular formula is C33H32F4N6O2. The number of hydrogen-bond acceptors (Lipinski definition) is 8. The minimum Gasteiger partial charge on any atom is -0.457 e. The van der Waals surface area contributed by atoms with Crippen LogP contribution in [0.3, 0.4) is 0 Å². The molecule has 45 heavy (non-hydrogen) atoms. The topological polar surface area (TPSA) is 76.5 Å². The second-order valence-electron chi connectivity index (χ2n) is 11.1. The molecule has 0 amide bonds. The highest BCUT2D eigenvalue weighted by Gasteiger charge is 2.44. The summed E-state index contributed by atoms with van der Waals surface area (Å²) >= 11 is 0. The van der Waals surface area contributed by atoms with Crippen LogP contribution in [0.5, 0.6) is 11.5 Å². The molecule has 0 atom stereocenters. The molecule has 2 aromatic heterocycles. The molecule has 8 nitrogen and oxygen atoms in total. The number of halogens is 4. The maximum Gasteiger partial charge on any atom is 0.422 e. The Morgan fingerprint density at radius 3 is 2.51 bits per heavy atom. The molecule has 2 aliphatic rings. The van der Waals surface area contributed by atoms with Gasteiger partial charge in [0.05, 0.1) is 36.0 Å². The standard InChI is InChI=1S/C33H32F4N6O2/c1-2-42-16-12-32(13-17-42)22-43(18-19-44-32)30-23(8-9-28(29(30)33(35,36)37)45-25-6-4-3-5-7-25)20-26(34)31-38-14-11-27(41-31)24-10-15-39-40-21-24/h3-11,14-15,20-21H,2,12-13,16-19,22H2,1H3/b26-20-. The summed E-state index contributed by atoms with van der Waals surface area (Å²) in [5.74, 6) is -1.27. The Hall–Kier alpha value is -4.42. The fourth-order valence-corrected chi connectivity index (χ4v) is 5.91. The van der Waals surface area contributed by atoms with Crippen molar-refractivity contribution in [2.24, 2.45) is 0 Å². The number of rotatable bonds is 7. The SMILES string of the molecule is CCN1CCC2(CC1)CN(c1c(/C=C(\F)c3nccc(-c4ccnnc4)n3)ccc(Oc3ccccc3)c1C(F)(F)F)CCO2. The Labute approximate surface area is 258 Å². The summed E-state index contributed by atoms with van der Waals surface area (Å²) in [6.07, 6.45) is 1.95. The van der Waals surface area contributed by atoms with E-state index in [4.69, 9.17) is 9.47 Å². The first-order chi connectivity index (χ1) is 21.7. The average molecular weight is 621 g/mol. The van der Waals surface area contributed by atoms with Crippen molar-refractivity contribution in [1.82, 2.24) is 25.1 Å².